The summed E-state index contributed by atoms with van der Waals surface area (Å²) in [6.45, 7) is 0.967. The Hall–Kier alpha value is -4.07. The summed E-state index contributed by atoms with van der Waals surface area (Å²) in [7, 11) is 0. The maximum Gasteiger partial charge on any atom is 0.367 e. The lowest BCUT2D eigenvalue weighted by Gasteiger charge is -2.24. The van der Waals surface area contributed by atoms with Crippen LogP contribution in [0.25, 0.3) is 27.7 Å². The Bertz CT molecular complexity index is 2070. The zero-order valence-corrected chi connectivity index (χ0v) is 26.6. The first-order valence-electron chi connectivity index (χ1n) is 14.8. The number of benzene rings is 4. The number of hydrogen-bond donors (Lipinski definition) is 0. The molecule has 7 rings (SSSR count). The fourth-order valence-corrected chi connectivity index (χ4v) is 6.12. The number of fused-ring (bicyclic) bond motifs is 3. The van der Waals surface area contributed by atoms with Gasteiger partial charge in [0.25, 0.3) is 0 Å². The third-order valence-electron chi connectivity index (χ3n) is 8.12. The highest BCUT2D eigenvalue weighted by molar-refractivity contribution is 14.1. The Labute approximate surface area is 275 Å². The van der Waals surface area contributed by atoms with E-state index in [1.807, 2.05) is 83.3 Å². The van der Waals surface area contributed by atoms with Crippen LogP contribution in [-0.4, -0.2) is 27.6 Å². The van der Waals surface area contributed by atoms with Gasteiger partial charge in [0, 0.05) is 9.99 Å². The summed E-state index contributed by atoms with van der Waals surface area (Å²) in [4.78, 5) is 20.4. The normalized spacial score (nSPS) is 14.6. The number of halogens is 4. The van der Waals surface area contributed by atoms with Crippen molar-refractivity contribution >= 4 is 44.6 Å². The number of ether oxygens (including phenoxy) is 2. The Balaban J connectivity index is 1.24. The average molecular weight is 741 g/mol. The second-order valence-electron chi connectivity index (χ2n) is 11.4. The molecule has 7 nitrogen and oxygen atoms in total. The van der Waals surface area contributed by atoms with Gasteiger partial charge in [0.2, 0.25) is 0 Å². The largest absolute Gasteiger partial charge is 0.462 e. The van der Waals surface area contributed by atoms with E-state index in [9.17, 15) is 4.79 Å². The molecule has 6 aromatic rings. The molecular formula is C35H28F3IN2O5. The van der Waals surface area contributed by atoms with Gasteiger partial charge in [0.1, 0.15) is 16.9 Å². The van der Waals surface area contributed by atoms with Crippen molar-refractivity contribution in [1.29, 1.82) is 0 Å². The lowest BCUT2D eigenvalue weighted by molar-refractivity contribution is -0.0734. The quantitative estimate of drug-likeness (QED) is 0.120. The van der Waals surface area contributed by atoms with E-state index in [-0.39, 0.29) is 28.8 Å². The zero-order chi connectivity index (χ0) is 31.8. The first-order chi connectivity index (χ1) is 22.3. The van der Waals surface area contributed by atoms with Crippen LogP contribution in [0.2, 0.25) is 0 Å². The van der Waals surface area contributed by atoms with Crippen LogP contribution in [0.1, 0.15) is 30.4 Å². The second-order valence-corrected chi connectivity index (χ2v) is 12.6. The highest BCUT2D eigenvalue weighted by atomic mass is 127. The topological polar surface area (TPSA) is 67.8 Å². The molecule has 1 aliphatic rings. The zero-order valence-electron chi connectivity index (χ0n) is 24.4. The van der Waals surface area contributed by atoms with E-state index in [2.05, 4.69) is 0 Å². The number of imidazole rings is 1. The molecule has 0 saturated heterocycles. The summed E-state index contributed by atoms with van der Waals surface area (Å²) < 4.78 is 66.4. The second kappa shape index (κ2) is 12.6. The van der Waals surface area contributed by atoms with Crippen LogP contribution in [0.3, 0.4) is 0 Å². The monoisotopic (exact) mass is 740 g/mol. The first kappa shape index (κ1) is 30.6. The lowest BCUT2D eigenvalue weighted by Crippen LogP contribution is -2.39. The van der Waals surface area contributed by atoms with Crippen LogP contribution in [-0.2, 0) is 22.7 Å². The van der Waals surface area contributed by atoms with Gasteiger partial charge in [-0.25, -0.2) is 18.0 Å². The van der Waals surface area contributed by atoms with Crippen LogP contribution in [0.15, 0.2) is 100 Å². The Morgan fingerprint density at radius 3 is 2.24 bits per heavy atom. The van der Waals surface area contributed by atoms with Crippen molar-refractivity contribution in [2.24, 2.45) is 0 Å². The van der Waals surface area contributed by atoms with Crippen molar-refractivity contribution in [3.63, 3.8) is 0 Å². The molecule has 1 unspecified atom stereocenters. The van der Waals surface area contributed by atoms with Gasteiger partial charge in [-0.3, -0.25) is 4.57 Å². The van der Waals surface area contributed by atoms with Crippen LogP contribution >= 0.6 is 22.6 Å². The number of hydrogen-bond acceptors (Lipinski definition) is 5. The van der Waals surface area contributed by atoms with E-state index in [0.717, 1.165) is 20.4 Å². The molecule has 0 radical (unpaired) electrons. The van der Waals surface area contributed by atoms with E-state index in [0.29, 0.717) is 36.0 Å². The number of rotatable bonds is 12. The maximum absolute atomic E-state index is 15.8. The molecule has 0 amide bonds. The summed E-state index contributed by atoms with van der Waals surface area (Å²) in [5.74, 6) is -3.30. The van der Waals surface area contributed by atoms with Crippen molar-refractivity contribution in [2.75, 3.05) is 6.61 Å². The number of aromatic nitrogens is 2. The van der Waals surface area contributed by atoms with Gasteiger partial charge in [-0.2, -0.15) is 0 Å². The molecule has 1 saturated carbocycles. The summed E-state index contributed by atoms with van der Waals surface area (Å²) in [5, 5.41) is -0.161. The molecule has 0 N–H and O–H groups in total. The van der Waals surface area contributed by atoms with E-state index >= 15 is 13.2 Å². The summed E-state index contributed by atoms with van der Waals surface area (Å²) in [5.41, 5.74) is -0.725. The summed E-state index contributed by atoms with van der Waals surface area (Å²) >= 11 is 1.93. The van der Waals surface area contributed by atoms with Crippen molar-refractivity contribution in [1.82, 2.24) is 9.30 Å². The van der Waals surface area contributed by atoms with Crippen LogP contribution in [0.4, 0.5) is 13.2 Å². The van der Waals surface area contributed by atoms with E-state index in [1.54, 1.807) is 6.07 Å². The molecule has 4 aromatic carbocycles. The van der Waals surface area contributed by atoms with Gasteiger partial charge >= 0.3 is 5.69 Å². The standard InChI is InChI=1S/C35H28F3IN2O5/c36-27-17-24(39)11-12-28(27)40-31-30(38)29(37)26-13-16-44-33(26)32(31)41(34(40)42)46-35(14-15-35)18-25(45-20-23-9-5-2-6-10-23)21-43-19-22-7-3-1-4-8-22/h1-13,16-17,25H,14-15,18-21H2. The molecule has 0 aliphatic heterocycles. The molecular weight excluding hydrogens is 712 g/mol. The highest BCUT2D eigenvalue weighted by Gasteiger charge is 2.49. The lowest BCUT2D eigenvalue weighted by atomic mass is 10.1. The fraction of sp³-hybridized carbons (Fsp3) is 0.229. The van der Waals surface area contributed by atoms with E-state index in [1.165, 1.54) is 24.5 Å². The van der Waals surface area contributed by atoms with Crippen molar-refractivity contribution < 1.29 is 31.9 Å². The van der Waals surface area contributed by atoms with Gasteiger partial charge in [-0.05, 0) is 70.8 Å². The first-order valence-corrected chi connectivity index (χ1v) is 15.9. The fourth-order valence-electron chi connectivity index (χ4n) is 5.66. The van der Waals surface area contributed by atoms with Crippen LogP contribution < -0.4 is 10.5 Å². The molecule has 2 aromatic heterocycles. The molecule has 1 aliphatic carbocycles. The molecule has 236 valence electrons. The Morgan fingerprint density at radius 1 is 0.870 bits per heavy atom. The van der Waals surface area contributed by atoms with Crippen molar-refractivity contribution in [3.05, 3.63) is 134 Å². The predicted octanol–water partition coefficient (Wildman–Crippen LogP) is 7.71. The molecule has 1 fully saturated rings. The predicted molar refractivity (Wildman–Crippen MR) is 174 cm³/mol. The maximum atomic E-state index is 15.8. The van der Waals surface area contributed by atoms with Gasteiger partial charge in [-0.15, -0.1) is 4.73 Å². The minimum absolute atomic E-state index is 0.0884. The molecule has 1 atom stereocenters. The van der Waals surface area contributed by atoms with Crippen molar-refractivity contribution in [3.8, 4) is 5.69 Å². The third kappa shape index (κ3) is 5.94. The van der Waals surface area contributed by atoms with E-state index in [4.69, 9.17) is 18.7 Å². The average Bonchev–Trinajstić information content (AvgIpc) is 3.52. The van der Waals surface area contributed by atoms with Gasteiger partial charge < -0.3 is 18.7 Å². The SMILES string of the molecule is O=c1n(OC2(CC(COCc3ccccc3)OCc3ccccc3)CC2)c2c3occc3c(F)c(F)c2n1-c1ccc(I)cc1F. The third-order valence-corrected chi connectivity index (χ3v) is 8.79. The van der Waals surface area contributed by atoms with Crippen LogP contribution in [0, 0.1) is 21.0 Å². The van der Waals surface area contributed by atoms with Gasteiger partial charge in [0.05, 0.1) is 43.3 Å². The summed E-state index contributed by atoms with van der Waals surface area (Å²) in [6, 6.07) is 24.9. The molecule has 46 heavy (non-hydrogen) atoms. The van der Waals surface area contributed by atoms with Crippen LogP contribution in [0.5, 0.6) is 0 Å². The molecule has 0 spiro atoms. The smallest absolute Gasteiger partial charge is 0.367 e. The highest BCUT2D eigenvalue weighted by Crippen LogP contribution is 2.43. The minimum atomic E-state index is -1.32. The Morgan fingerprint density at radius 2 is 1.57 bits per heavy atom. The van der Waals surface area contributed by atoms with Crippen molar-refractivity contribution in [2.45, 2.75) is 44.2 Å². The molecule has 11 heteroatoms. The van der Waals surface area contributed by atoms with Gasteiger partial charge in [0.15, 0.2) is 22.7 Å². The summed E-state index contributed by atoms with van der Waals surface area (Å²) in [6.07, 6.45) is 2.25. The number of furan rings is 1. The Kier molecular flexibility index (Phi) is 8.38. The molecule has 2 heterocycles. The number of nitrogens with zero attached hydrogens (tertiary/aromatic N) is 2. The minimum Gasteiger partial charge on any atom is -0.462 e. The molecule has 0 bridgehead atoms. The van der Waals surface area contributed by atoms with E-state index < -0.39 is 40.4 Å². The van der Waals surface area contributed by atoms with Gasteiger partial charge in [-0.1, -0.05) is 60.7 Å².